The summed E-state index contributed by atoms with van der Waals surface area (Å²) < 4.78 is 14.2. The minimum absolute atomic E-state index is 0.184. The molecule has 1 rings (SSSR count). The molecular formula is C11H13NO4S. The predicted octanol–water partition coefficient (Wildman–Crippen LogP) is 2.48. The van der Waals surface area contributed by atoms with E-state index < -0.39 is 6.16 Å². The maximum atomic E-state index is 11.1. The third kappa shape index (κ3) is 3.92. The van der Waals surface area contributed by atoms with E-state index in [1.807, 2.05) is 13.0 Å². The van der Waals surface area contributed by atoms with Crippen LogP contribution < -0.4 is 10.1 Å². The second-order valence-electron chi connectivity index (χ2n) is 3.17. The van der Waals surface area contributed by atoms with Crippen LogP contribution in [0.25, 0.3) is 0 Å². The Bertz CT molecular complexity index is 433. The Hall–Kier alpha value is -1.82. The van der Waals surface area contributed by atoms with Gasteiger partial charge in [-0.15, -0.1) is 0 Å². The molecule has 0 bridgehead atoms. The highest BCUT2D eigenvalue weighted by Crippen LogP contribution is 2.26. The quantitative estimate of drug-likeness (QED) is 0.498. The van der Waals surface area contributed by atoms with Crippen LogP contribution in [-0.2, 0) is 9.47 Å². The van der Waals surface area contributed by atoms with Gasteiger partial charge in [0.25, 0.3) is 5.17 Å². The van der Waals surface area contributed by atoms with Gasteiger partial charge in [-0.05, 0) is 36.8 Å². The monoisotopic (exact) mass is 255 g/mol. The molecule has 0 aromatic heterocycles. The van der Waals surface area contributed by atoms with Gasteiger partial charge < -0.3 is 19.5 Å². The molecule has 1 N–H and O–H groups in total. The normalized spacial score (nSPS) is 9.35. The average molecular weight is 255 g/mol. The number of hydrogen-bond donors (Lipinski definition) is 1. The van der Waals surface area contributed by atoms with Gasteiger partial charge in [-0.25, -0.2) is 4.79 Å². The Kier molecular flexibility index (Phi) is 4.71. The molecule has 0 radical (unpaired) electrons. The molecule has 1 aromatic rings. The van der Waals surface area contributed by atoms with Gasteiger partial charge in [0.2, 0.25) is 0 Å². The SMILES string of the molecule is COC(=O)Oc1cc(C)ccc1NC(=S)OC. The molecule has 0 saturated carbocycles. The van der Waals surface area contributed by atoms with E-state index in [2.05, 4.69) is 10.1 Å². The van der Waals surface area contributed by atoms with Gasteiger partial charge in [0.1, 0.15) is 0 Å². The summed E-state index contributed by atoms with van der Waals surface area (Å²) in [6, 6.07) is 5.28. The zero-order valence-corrected chi connectivity index (χ0v) is 10.6. The second-order valence-corrected chi connectivity index (χ2v) is 3.54. The fourth-order valence-electron chi connectivity index (χ4n) is 1.11. The molecule has 5 nitrogen and oxygen atoms in total. The van der Waals surface area contributed by atoms with Crippen molar-refractivity contribution >= 4 is 29.2 Å². The zero-order valence-electron chi connectivity index (χ0n) is 9.77. The van der Waals surface area contributed by atoms with Crippen molar-refractivity contribution in [2.24, 2.45) is 0 Å². The van der Waals surface area contributed by atoms with Crippen molar-refractivity contribution < 1.29 is 19.0 Å². The average Bonchev–Trinajstić information content (AvgIpc) is 2.32. The summed E-state index contributed by atoms with van der Waals surface area (Å²) >= 11 is 4.87. The van der Waals surface area contributed by atoms with Crippen LogP contribution in [0.3, 0.4) is 0 Å². The van der Waals surface area contributed by atoms with Crippen LogP contribution in [0.2, 0.25) is 0 Å². The summed E-state index contributed by atoms with van der Waals surface area (Å²) in [6.45, 7) is 1.88. The maximum absolute atomic E-state index is 11.1. The van der Waals surface area contributed by atoms with E-state index in [4.69, 9.17) is 21.7 Å². The van der Waals surface area contributed by atoms with E-state index in [0.717, 1.165) is 5.56 Å². The number of anilines is 1. The van der Waals surface area contributed by atoms with Crippen molar-refractivity contribution in [3.8, 4) is 5.75 Å². The van der Waals surface area contributed by atoms with E-state index >= 15 is 0 Å². The molecule has 0 spiro atoms. The molecule has 0 aliphatic heterocycles. The molecule has 1 aromatic carbocycles. The molecule has 17 heavy (non-hydrogen) atoms. The van der Waals surface area contributed by atoms with Crippen LogP contribution in [0.1, 0.15) is 5.56 Å². The lowest BCUT2D eigenvalue weighted by Crippen LogP contribution is -2.14. The molecular weight excluding hydrogens is 242 g/mol. The number of benzene rings is 1. The van der Waals surface area contributed by atoms with Crippen LogP contribution >= 0.6 is 12.2 Å². The minimum atomic E-state index is -0.790. The largest absolute Gasteiger partial charge is 0.513 e. The Morgan fingerprint density at radius 3 is 2.59 bits per heavy atom. The highest BCUT2D eigenvalue weighted by molar-refractivity contribution is 7.80. The topological polar surface area (TPSA) is 56.8 Å². The molecule has 0 amide bonds. The fourth-order valence-corrected chi connectivity index (χ4v) is 1.22. The Balaban J connectivity index is 2.95. The molecule has 6 heteroatoms. The first kappa shape index (κ1) is 13.2. The second kappa shape index (κ2) is 6.05. The molecule has 0 aliphatic rings. The molecule has 0 unspecified atom stereocenters. The lowest BCUT2D eigenvalue weighted by Gasteiger charge is -2.11. The third-order valence-corrected chi connectivity index (χ3v) is 2.19. The number of carbonyl (C=O) groups is 1. The molecule has 0 heterocycles. The van der Waals surface area contributed by atoms with E-state index in [1.165, 1.54) is 14.2 Å². The van der Waals surface area contributed by atoms with Crippen molar-refractivity contribution in [2.75, 3.05) is 19.5 Å². The number of aryl methyl sites for hydroxylation is 1. The zero-order chi connectivity index (χ0) is 12.8. The number of carbonyl (C=O) groups excluding carboxylic acids is 1. The number of methoxy groups -OCH3 is 2. The predicted molar refractivity (Wildman–Crippen MR) is 67.4 cm³/mol. The van der Waals surface area contributed by atoms with E-state index in [0.29, 0.717) is 11.4 Å². The molecule has 0 atom stereocenters. The number of ether oxygens (including phenoxy) is 3. The minimum Gasteiger partial charge on any atom is -0.474 e. The Morgan fingerprint density at radius 1 is 1.29 bits per heavy atom. The number of hydrogen-bond acceptors (Lipinski definition) is 5. The number of rotatable bonds is 2. The van der Waals surface area contributed by atoms with Crippen LogP contribution in [0.15, 0.2) is 18.2 Å². The van der Waals surface area contributed by atoms with Crippen LogP contribution in [0.5, 0.6) is 5.75 Å². The number of nitrogens with one attached hydrogen (secondary N) is 1. The first-order chi connectivity index (χ1) is 8.06. The van der Waals surface area contributed by atoms with E-state index in [-0.39, 0.29) is 5.17 Å². The molecule has 0 fully saturated rings. The van der Waals surface area contributed by atoms with Gasteiger partial charge in [-0.3, -0.25) is 0 Å². The van der Waals surface area contributed by atoms with Crippen LogP contribution in [0, 0.1) is 6.92 Å². The molecule has 0 saturated heterocycles. The van der Waals surface area contributed by atoms with Crippen molar-refractivity contribution in [1.29, 1.82) is 0 Å². The summed E-state index contributed by atoms with van der Waals surface area (Å²) in [5, 5.41) is 2.98. The summed E-state index contributed by atoms with van der Waals surface area (Å²) in [7, 11) is 2.69. The third-order valence-electron chi connectivity index (χ3n) is 1.92. The lowest BCUT2D eigenvalue weighted by atomic mass is 10.2. The van der Waals surface area contributed by atoms with Crippen molar-refractivity contribution in [3.63, 3.8) is 0 Å². The summed E-state index contributed by atoms with van der Waals surface area (Å²) in [5.74, 6) is 0.330. The van der Waals surface area contributed by atoms with Crippen molar-refractivity contribution in [2.45, 2.75) is 6.92 Å². The fraction of sp³-hybridized carbons (Fsp3) is 0.273. The summed E-state index contributed by atoms with van der Waals surface area (Å²) in [4.78, 5) is 11.1. The Labute approximate surface area is 105 Å². The van der Waals surface area contributed by atoms with Gasteiger partial charge in [-0.1, -0.05) is 6.07 Å². The smallest absolute Gasteiger partial charge is 0.474 e. The van der Waals surface area contributed by atoms with Crippen LogP contribution in [-0.4, -0.2) is 25.5 Å². The first-order valence-electron chi connectivity index (χ1n) is 4.78. The lowest BCUT2D eigenvalue weighted by molar-refractivity contribution is 0.121. The standard InChI is InChI=1S/C11H13NO4S/c1-7-4-5-8(12-10(17)14-2)9(6-7)16-11(13)15-3/h4-6H,1-3H3,(H,12,17). The van der Waals surface area contributed by atoms with Crippen LogP contribution in [0.4, 0.5) is 10.5 Å². The van der Waals surface area contributed by atoms with Gasteiger partial charge in [-0.2, -0.15) is 0 Å². The maximum Gasteiger partial charge on any atom is 0.513 e. The van der Waals surface area contributed by atoms with E-state index in [9.17, 15) is 4.79 Å². The van der Waals surface area contributed by atoms with E-state index in [1.54, 1.807) is 12.1 Å². The van der Waals surface area contributed by atoms with Gasteiger partial charge in [0.05, 0.1) is 19.9 Å². The van der Waals surface area contributed by atoms with Gasteiger partial charge >= 0.3 is 6.16 Å². The van der Waals surface area contributed by atoms with Gasteiger partial charge in [0.15, 0.2) is 5.75 Å². The highest BCUT2D eigenvalue weighted by Gasteiger charge is 2.10. The highest BCUT2D eigenvalue weighted by atomic mass is 32.1. The van der Waals surface area contributed by atoms with Gasteiger partial charge in [0, 0.05) is 0 Å². The van der Waals surface area contributed by atoms with Crippen molar-refractivity contribution in [1.82, 2.24) is 0 Å². The summed E-state index contributed by atoms with van der Waals surface area (Å²) in [6.07, 6.45) is -0.790. The first-order valence-corrected chi connectivity index (χ1v) is 5.19. The molecule has 92 valence electrons. The Morgan fingerprint density at radius 2 is 2.00 bits per heavy atom. The van der Waals surface area contributed by atoms with Crippen molar-refractivity contribution in [3.05, 3.63) is 23.8 Å². The number of thiocarbonyl (C=S) groups is 1. The molecule has 0 aliphatic carbocycles. The summed E-state index contributed by atoms with van der Waals surface area (Å²) in [5.41, 5.74) is 1.48.